The predicted molar refractivity (Wildman–Crippen MR) is 56.8 cm³/mol. The molecule has 0 amide bonds. The number of hydrogen-bond acceptors (Lipinski definition) is 1. The average Bonchev–Trinajstić information content (AvgIpc) is 2.41. The fourth-order valence-corrected chi connectivity index (χ4v) is 1.84. The summed E-state index contributed by atoms with van der Waals surface area (Å²) in [6.07, 6.45) is 3.51. The first kappa shape index (κ1) is 10.4. The summed E-state index contributed by atoms with van der Waals surface area (Å²) in [6.45, 7) is 8.49. The van der Waals surface area contributed by atoms with Crippen LogP contribution in [0, 0.1) is 0 Å². The molecule has 2 N–H and O–H groups in total. The van der Waals surface area contributed by atoms with Crippen LogP contribution in [0.15, 0.2) is 4.99 Å². The van der Waals surface area contributed by atoms with Crippen LogP contribution in [0.5, 0.6) is 0 Å². The maximum Gasteiger partial charge on any atom is 0.191 e. The van der Waals surface area contributed by atoms with Gasteiger partial charge in [-0.15, -0.1) is 0 Å². The van der Waals surface area contributed by atoms with Crippen molar-refractivity contribution >= 4 is 5.96 Å². The Morgan fingerprint density at radius 2 is 2.23 bits per heavy atom. The average molecular weight is 183 g/mol. The lowest BCUT2D eigenvalue weighted by atomic mass is 10.0. The van der Waals surface area contributed by atoms with Crippen LogP contribution >= 0.6 is 0 Å². The second-order valence-corrected chi connectivity index (χ2v) is 4.31. The minimum Gasteiger partial charge on any atom is -0.370 e. The van der Waals surface area contributed by atoms with Gasteiger partial charge in [-0.1, -0.05) is 6.92 Å². The van der Waals surface area contributed by atoms with E-state index in [9.17, 15) is 0 Å². The molecular formula is C10H21N3. The van der Waals surface area contributed by atoms with Gasteiger partial charge < -0.3 is 10.6 Å². The topological polar surface area (TPSA) is 41.6 Å². The molecule has 3 heteroatoms. The highest BCUT2D eigenvalue weighted by molar-refractivity contribution is 5.79. The van der Waals surface area contributed by atoms with Crippen molar-refractivity contribution in [2.45, 2.75) is 45.6 Å². The van der Waals surface area contributed by atoms with Gasteiger partial charge in [-0.2, -0.15) is 0 Å². The lowest BCUT2D eigenvalue weighted by molar-refractivity contribution is 0.278. The van der Waals surface area contributed by atoms with Gasteiger partial charge in [0.15, 0.2) is 5.96 Å². The van der Waals surface area contributed by atoms with Crippen LogP contribution in [0.4, 0.5) is 0 Å². The third-order valence-corrected chi connectivity index (χ3v) is 2.67. The second kappa shape index (κ2) is 3.99. The zero-order valence-electron chi connectivity index (χ0n) is 9.01. The number of nitrogens with zero attached hydrogens (tertiary/aromatic N) is 2. The Hall–Kier alpha value is -0.730. The summed E-state index contributed by atoms with van der Waals surface area (Å²) in [4.78, 5) is 6.57. The van der Waals surface area contributed by atoms with Crippen LogP contribution in [0.3, 0.4) is 0 Å². The largest absolute Gasteiger partial charge is 0.370 e. The van der Waals surface area contributed by atoms with E-state index in [0.717, 1.165) is 25.5 Å². The minimum absolute atomic E-state index is 0.210. The summed E-state index contributed by atoms with van der Waals surface area (Å²) in [6, 6.07) is 0. The lowest BCUT2D eigenvalue weighted by Gasteiger charge is -2.32. The van der Waals surface area contributed by atoms with E-state index in [1.165, 1.54) is 12.8 Å². The number of likely N-dealkylation sites (tertiary alicyclic amines) is 1. The molecule has 1 saturated heterocycles. The molecule has 76 valence electrons. The molecule has 0 aromatic carbocycles. The second-order valence-electron chi connectivity index (χ2n) is 4.31. The molecule has 0 atom stereocenters. The normalized spacial score (nSPS) is 22.4. The van der Waals surface area contributed by atoms with Gasteiger partial charge in [0.05, 0.1) is 0 Å². The van der Waals surface area contributed by atoms with Gasteiger partial charge in [0, 0.05) is 18.6 Å². The number of rotatable bonds is 2. The van der Waals surface area contributed by atoms with Gasteiger partial charge in [0.2, 0.25) is 0 Å². The molecule has 0 saturated carbocycles. The van der Waals surface area contributed by atoms with E-state index >= 15 is 0 Å². The highest BCUT2D eigenvalue weighted by Crippen LogP contribution is 2.27. The monoisotopic (exact) mass is 183 g/mol. The Labute approximate surface area is 81.0 Å². The minimum atomic E-state index is 0.210. The highest BCUT2D eigenvalue weighted by Gasteiger charge is 2.32. The van der Waals surface area contributed by atoms with E-state index in [1.54, 1.807) is 0 Å². The first-order valence-corrected chi connectivity index (χ1v) is 5.15. The summed E-state index contributed by atoms with van der Waals surface area (Å²) in [5, 5.41) is 0. The Kier molecular flexibility index (Phi) is 3.17. The standard InChI is InChI=1S/C10H21N3/c1-4-7-12-9(11)13-8-5-6-10(13,2)3/h4-8H2,1-3H3,(H2,11,12). The van der Waals surface area contributed by atoms with Gasteiger partial charge in [0.25, 0.3) is 0 Å². The molecule has 0 aliphatic carbocycles. The van der Waals surface area contributed by atoms with Crippen molar-refractivity contribution in [3.63, 3.8) is 0 Å². The maximum absolute atomic E-state index is 5.92. The van der Waals surface area contributed by atoms with Crippen LogP contribution < -0.4 is 5.73 Å². The van der Waals surface area contributed by atoms with Crippen molar-refractivity contribution in [2.75, 3.05) is 13.1 Å². The number of hydrogen-bond donors (Lipinski definition) is 1. The van der Waals surface area contributed by atoms with Crippen molar-refractivity contribution in [2.24, 2.45) is 10.7 Å². The van der Waals surface area contributed by atoms with Gasteiger partial charge in [-0.05, 0) is 33.1 Å². The first-order chi connectivity index (χ1) is 6.08. The molecule has 1 fully saturated rings. The van der Waals surface area contributed by atoms with E-state index in [1.807, 2.05) is 0 Å². The number of aliphatic imine (C=N–C) groups is 1. The molecule has 1 aliphatic heterocycles. The first-order valence-electron chi connectivity index (χ1n) is 5.15. The molecule has 0 bridgehead atoms. The molecular weight excluding hydrogens is 162 g/mol. The molecule has 1 rings (SSSR count). The van der Waals surface area contributed by atoms with E-state index in [0.29, 0.717) is 0 Å². The van der Waals surface area contributed by atoms with Gasteiger partial charge in [-0.3, -0.25) is 4.99 Å². The van der Waals surface area contributed by atoms with Crippen LogP contribution in [0.2, 0.25) is 0 Å². The summed E-state index contributed by atoms with van der Waals surface area (Å²) in [7, 11) is 0. The van der Waals surface area contributed by atoms with Crippen LogP contribution in [-0.4, -0.2) is 29.5 Å². The van der Waals surface area contributed by atoms with Crippen molar-refractivity contribution in [1.29, 1.82) is 0 Å². The zero-order chi connectivity index (χ0) is 9.90. The highest BCUT2D eigenvalue weighted by atomic mass is 15.3. The summed E-state index contributed by atoms with van der Waals surface area (Å²) >= 11 is 0. The molecule has 0 aromatic rings. The SMILES string of the molecule is CCCN=C(N)N1CCCC1(C)C. The van der Waals surface area contributed by atoms with Gasteiger partial charge in [-0.25, -0.2) is 0 Å². The Morgan fingerprint density at radius 1 is 1.54 bits per heavy atom. The van der Waals surface area contributed by atoms with Crippen LogP contribution in [0.25, 0.3) is 0 Å². The molecule has 3 nitrogen and oxygen atoms in total. The number of nitrogens with two attached hydrogens (primary N) is 1. The van der Waals surface area contributed by atoms with Crippen LogP contribution in [-0.2, 0) is 0 Å². The van der Waals surface area contributed by atoms with Crippen molar-refractivity contribution in [3.05, 3.63) is 0 Å². The van der Waals surface area contributed by atoms with Crippen LogP contribution in [0.1, 0.15) is 40.0 Å². The van der Waals surface area contributed by atoms with Gasteiger partial charge in [0.1, 0.15) is 0 Å². The third-order valence-electron chi connectivity index (χ3n) is 2.67. The van der Waals surface area contributed by atoms with E-state index < -0.39 is 0 Å². The smallest absolute Gasteiger partial charge is 0.191 e. The fraction of sp³-hybridized carbons (Fsp3) is 0.900. The number of guanidine groups is 1. The van der Waals surface area contributed by atoms with E-state index in [4.69, 9.17) is 5.73 Å². The summed E-state index contributed by atoms with van der Waals surface area (Å²) in [5.41, 5.74) is 6.13. The molecule has 0 spiro atoms. The molecule has 0 radical (unpaired) electrons. The Bertz CT molecular complexity index is 196. The maximum atomic E-state index is 5.92. The summed E-state index contributed by atoms with van der Waals surface area (Å²) in [5.74, 6) is 0.726. The van der Waals surface area contributed by atoms with Gasteiger partial charge >= 0.3 is 0 Å². The Morgan fingerprint density at radius 3 is 2.69 bits per heavy atom. The molecule has 1 heterocycles. The molecule has 13 heavy (non-hydrogen) atoms. The lowest BCUT2D eigenvalue weighted by Crippen LogP contribution is -2.46. The predicted octanol–water partition coefficient (Wildman–Crippen LogP) is 1.59. The molecule has 0 unspecified atom stereocenters. The fourth-order valence-electron chi connectivity index (χ4n) is 1.84. The Balaban J connectivity index is 2.60. The van der Waals surface area contributed by atoms with Crippen molar-refractivity contribution in [3.8, 4) is 0 Å². The van der Waals surface area contributed by atoms with E-state index in [2.05, 4.69) is 30.7 Å². The quantitative estimate of drug-likeness (QED) is 0.521. The molecule has 0 aromatic heterocycles. The van der Waals surface area contributed by atoms with Crippen molar-refractivity contribution < 1.29 is 0 Å². The third kappa shape index (κ3) is 2.36. The van der Waals surface area contributed by atoms with E-state index in [-0.39, 0.29) is 5.54 Å². The molecule has 1 aliphatic rings. The van der Waals surface area contributed by atoms with Crippen molar-refractivity contribution in [1.82, 2.24) is 4.90 Å². The summed E-state index contributed by atoms with van der Waals surface area (Å²) < 4.78 is 0. The zero-order valence-corrected chi connectivity index (χ0v) is 9.01.